The first kappa shape index (κ1) is 10.8. The van der Waals surface area contributed by atoms with Gasteiger partial charge in [-0.15, -0.1) is 0 Å². The summed E-state index contributed by atoms with van der Waals surface area (Å²) in [5.41, 5.74) is 1.45. The smallest absolute Gasteiger partial charge is 0.0839 e. The molecule has 0 radical (unpaired) electrons. The maximum Gasteiger partial charge on any atom is 0.0839 e. The molecule has 1 heteroatoms. The van der Waals surface area contributed by atoms with Gasteiger partial charge in [0, 0.05) is 6.61 Å². The molecule has 0 spiro atoms. The van der Waals surface area contributed by atoms with E-state index in [-0.39, 0.29) is 5.60 Å². The van der Waals surface area contributed by atoms with E-state index >= 15 is 0 Å². The maximum absolute atomic E-state index is 5.83. The lowest BCUT2D eigenvalue weighted by Crippen LogP contribution is -2.34. The molecule has 1 heterocycles. The first-order valence-electron chi connectivity index (χ1n) is 5.38. The summed E-state index contributed by atoms with van der Waals surface area (Å²) in [5.74, 6) is 0.805. The molecular weight excluding hydrogens is 160 g/mol. The number of rotatable bonds is 2. The molecule has 1 aliphatic rings. The highest BCUT2D eigenvalue weighted by Gasteiger charge is 2.28. The largest absolute Gasteiger partial charge is 0.371 e. The predicted octanol–water partition coefficient (Wildman–Crippen LogP) is 3.55. The normalized spacial score (nSPS) is 36.3. The summed E-state index contributed by atoms with van der Waals surface area (Å²) in [6, 6.07) is 0. The summed E-state index contributed by atoms with van der Waals surface area (Å²) in [4.78, 5) is 0. The molecule has 1 saturated heterocycles. The van der Waals surface area contributed by atoms with Crippen molar-refractivity contribution in [2.24, 2.45) is 5.92 Å². The van der Waals surface area contributed by atoms with Crippen molar-refractivity contribution in [3.63, 3.8) is 0 Å². The molecule has 0 saturated carbocycles. The van der Waals surface area contributed by atoms with Crippen LogP contribution in [0.4, 0.5) is 0 Å². The minimum Gasteiger partial charge on any atom is -0.371 e. The van der Waals surface area contributed by atoms with Crippen molar-refractivity contribution in [1.29, 1.82) is 0 Å². The summed E-state index contributed by atoms with van der Waals surface area (Å²) in [5, 5.41) is 0. The molecule has 1 nitrogen and oxygen atoms in total. The molecule has 1 rings (SSSR count). The van der Waals surface area contributed by atoms with Crippen LogP contribution in [-0.2, 0) is 4.74 Å². The SMILES string of the molecule is CC/C(C)=C/C1(C)C[C@@H](C)CCO1. The van der Waals surface area contributed by atoms with E-state index in [2.05, 4.69) is 33.8 Å². The lowest BCUT2D eigenvalue weighted by Gasteiger charge is -2.35. The van der Waals surface area contributed by atoms with E-state index in [1.807, 2.05) is 0 Å². The summed E-state index contributed by atoms with van der Waals surface area (Å²) in [7, 11) is 0. The molecule has 0 aromatic heterocycles. The van der Waals surface area contributed by atoms with Crippen molar-refractivity contribution < 1.29 is 4.74 Å². The van der Waals surface area contributed by atoms with Crippen LogP contribution in [0, 0.1) is 5.92 Å². The van der Waals surface area contributed by atoms with E-state index in [1.165, 1.54) is 18.4 Å². The van der Waals surface area contributed by atoms with Crippen molar-refractivity contribution in [3.05, 3.63) is 11.6 Å². The topological polar surface area (TPSA) is 9.23 Å². The standard InChI is InChI=1S/C12H22O/c1-5-10(2)8-12(4)9-11(3)6-7-13-12/h8,11H,5-7,9H2,1-4H3/b10-8+/t11-,12?/m0/s1. The van der Waals surface area contributed by atoms with Gasteiger partial charge in [0.15, 0.2) is 0 Å². The Morgan fingerprint density at radius 2 is 2.31 bits per heavy atom. The average Bonchev–Trinajstić information content (AvgIpc) is 2.02. The number of hydrogen-bond acceptors (Lipinski definition) is 1. The Labute approximate surface area is 82.2 Å². The van der Waals surface area contributed by atoms with Crippen LogP contribution in [0.3, 0.4) is 0 Å². The van der Waals surface area contributed by atoms with Gasteiger partial charge < -0.3 is 4.74 Å². The highest BCUT2D eigenvalue weighted by atomic mass is 16.5. The molecule has 0 aromatic rings. The summed E-state index contributed by atoms with van der Waals surface area (Å²) >= 11 is 0. The van der Waals surface area contributed by atoms with Crippen LogP contribution >= 0.6 is 0 Å². The second-order valence-electron chi connectivity index (χ2n) is 4.60. The van der Waals surface area contributed by atoms with E-state index in [4.69, 9.17) is 4.74 Å². The molecule has 0 amide bonds. The van der Waals surface area contributed by atoms with Gasteiger partial charge in [-0.1, -0.05) is 25.5 Å². The number of allylic oxidation sites excluding steroid dienone is 1. The van der Waals surface area contributed by atoms with Crippen LogP contribution in [0.15, 0.2) is 11.6 Å². The molecule has 1 unspecified atom stereocenters. The van der Waals surface area contributed by atoms with Crippen LogP contribution in [-0.4, -0.2) is 12.2 Å². The predicted molar refractivity (Wildman–Crippen MR) is 56.8 cm³/mol. The summed E-state index contributed by atoms with van der Waals surface area (Å²) in [6.07, 6.45) is 5.83. The van der Waals surface area contributed by atoms with Crippen molar-refractivity contribution in [1.82, 2.24) is 0 Å². The van der Waals surface area contributed by atoms with E-state index in [1.54, 1.807) is 0 Å². The average molecular weight is 182 g/mol. The molecule has 0 N–H and O–H groups in total. The summed E-state index contributed by atoms with van der Waals surface area (Å²) < 4.78 is 5.83. The second kappa shape index (κ2) is 4.28. The zero-order chi connectivity index (χ0) is 9.90. The third kappa shape index (κ3) is 3.15. The van der Waals surface area contributed by atoms with Gasteiger partial charge in [0.25, 0.3) is 0 Å². The van der Waals surface area contributed by atoms with Crippen LogP contribution in [0.2, 0.25) is 0 Å². The van der Waals surface area contributed by atoms with Gasteiger partial charge in [0.2, 0.25) is 0 Å². The molecule has 0 aliphatic carbocycles. The van der Waals surface area contributed by atoms with Crippen LogP contribution in [0.1, 0.15) is 47.0 Å². The Morgan fingerprint density at radius 3 is 2.85 bits per heavy atom. The van der Waals surface area contributed by atoms with Crippen LogP contribution < -0.4 is 0 Å². The van der Waals surface area contributed by atoms with Gasteiger partial charge in [-0.05, 0) is 39.0 Å². The van der Waals surface area contributed by atoms with Crippen molar-refractivity contribution in [3.8, 4) is 0 Å². The summed E-state index contributed by atoms with van der Waals surface area (Å²) in [6.45, 7) is 9.83. The molecule has 0 bridgehead atoms. The lowest BCUT2D eigenvalue weighted by molar-refractivity contribution is -0.0492. The van der Waals surface area contributed by atoms with E-state index < -0.39 is 0 Å². The van der Waals surface area contributed by atoms with Gasteiger partial charge in [-0.3, -0.25) is 0 Å². The van der Waals surface area contributed by atoms with Crippen molar-refractivity contribution >= 4 is 0 Å². The lowest BCUT2D eigenvalue weighted by atomic mass is 9.87. The van der Waals surface area contributed by atoms with Gasteiger partial charge >= 0.3 is 0 Å². The Balaban J connectivity index is 2.64. The van der Waals surface area contributed by atoms with Crippen LogP contribution in [0.5, 0.6) is 0 Å². The third-order valence-electron chi connectivity index (χ3n) is 2.91. The first-order chi connectivity index (χ1) is 6.06. The van der Waals surface area contributed by atoms with Gasteiger partial charge in [-0.25, -0.2) is 0 Å². The van der Waals surface area contributed by atoms with Gasteiger partial charge in [-0.2, -0.15) is 0 Å². The Hall–Kier alpha value is -0.300. The van der Waals surface area contributed by atoms with Crippen molar-refractivity contribution in [2.75, 3.05) is 6.61 Å². The highest BCUT2D eigenvalue weighted by molar-refractivity contribution is 5.09. The number of ether oxygens (including phenoxy) is 1. The zero-order valence-corrected chi connectivity index (χ0v) is 9.39. The fourth-order valence-corrected chi connectivity index (χ4v) is 2.07. The van der Waals surface area contributed by atoms with E-state index in [0.29, 0.717) is 0 Å². The fraction of sp³-hybridized carbons (Fsp3) is 0.833. The maximum atomic E-state index is 5.83. The third-order valence-corrected chi connectivity index (χ3v) is 2.91. The van der Waals surface area contributed by atoms with E-state index in [0.717, 1.165) is 18.9 Å². The fourth-order valence-electron chi connectivity index (χ4n) is 2.07. The van der Waals surface area contributed by atoms with Gasteiger partial charge in [0.05, 0.1) is 5.60 Å². The molecule has 1 fully saturated rings. The molecule has 13 heavy (non-hydrogen) atoms. The highest BCUT2D eigenvalue weighted by Crippen LogP contribution is 2.30. The molecular formula is C12H22O. The van der Waals surface area contributed by atoms with Crippen LogP contribution in [0.25, 0.3) is 0 Å². The molecule has 76 valence electrons. The van der Waals surface area contributed by atoms with E-state index in [9.17, 15) is 0 Å². The van der Waals surface area contributed by atoms with Crippen molar-refractivity contribution in [2.45, 2.75) is 52.6 Å². The molecule has 0 aromatic carbocycles. The molecule has 1 aliphatic heterocycles. The molecule has 2 atom stereocenters. The Morgan fingerprint density at radius 1 is 1.62 bits per heavy atom. The zero-order valence-electron chi connectivity index (χ0n) is 9.39. The Kier molecular flexibility index (Phi) is 3.55. The van der Waals surface area contributed by atoms with Gasteiger partial charge in [0.1, 0.15) is 0 Å². The minimum absolute atomic E-state index is 0.0117. The first-order valence-corrected chi connectivity index (χ1v) is 5.38. The second-order valence-corrected chi connectivity index (χ2v) is 4.60. The monoisotopic (exact) mass is 182 g/mol. The quantitative estimate of drug-likeness (QED) is 0.593. The Bertz CT molecular complexity index is 195. The minimum atomic E-state index is 0.0117. The number of hydrogen-bond donors (Lipinski definition) is 0.